The Balaban J connectivity index is 1.94. The maximum Gasteiger partial charge on any atom is 0.267 e. The van der Waals surface area contributed by atoms with E-state index in [0.29, 0.717) is 33.4 Å². The van der Waals surface area contributed by atoms with Crippen molar-refractivity contribution in [2.75, 3.05) is 0 Å². The van der Waals surface area contributed by atoms with E-state index in [0.717, 1.165) is 4.57 Å². The average Bonchev–Trinajstić information content (AvgIpc) is 2.75. The summed E-state index contributed by atoms with van der Waals surface area (Å²) in [5.41, 5.74) is 1.13. The van der Waals surface area contributed by atoms with Crippen molar-refractivity contribution < 1.29 is 9.90 Å². The molecule has 0 fully saturated rings. The van der Waals surface area contributed by atoms with Crippen LogP contribution in [0.5, 0.6) is 5.88 Å². The Bertz CT molecular complexity index is 1310. The number of carbonyl (C=O) groups excluding carboxylic acids is 1. The first-order chi connectivity index (χ1) is 14.1. The fourth-order valence-electron chi connectivity index (χ4n) is 3.13. The third-order valence-electron chi connectivity index (χ3n) is 4.58. The first kappa shape index (κ1) is 18.3. The maximum atomic E-state index is 13.0. The number of nitrogens with zero attached hydrogens (tertiary/aromatic N) is 3. The van der Waals surface area contributed by atoms with Crippen molar-refractivity contribution >= 4 is 28.5 Å². The van der Waals surface area contributed by atoms with Crippen LogP contribution in [-0.2, 0) is 0 Å². The molecule has 2 heterocycles. The summed E-state index contributed by atoms with van der Waals surface area (Å²) in [5, 5.41) is 11.9. The van der Waals surface area contributed by atoms with E-state index >= 15 is 0 Å². The molecule has 0 atom stereocenters. The normalized spacial score (nSPS) is 11.2. The van der Waals surface area contributed by atoms with E-state index in [1.807, 2.05) is 0 Å². The molecule has 4 rings (SSSR count). The lowest BCUT2D eigenvalue weighted by atomic mass is 10.1. The van der Waals surface area contributed by atoms with Gasteiger partial charge in [-0.3, -0.25) is 14.6 Å². The predicted octanol–water partition coefficient (Wildman–Crippen LogP) is 4.04. The first-order valence-corrected chi connectivity index (χ1v) is 8.99. The molecule has 0 bridgehead atoms. The van der Waals surface area contributed by atoms with E-state index in [2.05, 4.69) is 9.98 Å². The highest BCUT2D eigenvalue weighted by Gasteiger charge is 2.16. The zero-order valence-corrected chi connectivity index (χ0v) is 15.6. The highest BCUT2D eigenvalue weighted by molar-refractivity contribution is 6.02. The number of carbonyl (C=O) groups is 1. The van der Waals surface area contributed by atoms with E-state index in [1.165, 1.54) is 13.1 Å². The van der Waals surface area contributed by atoms with Gasteiger partial charge < -0.3 is 5.11 Å². The molecule has 29 heavy (non-hydrogen) atoms. The minimum Gasteiger partial charge on any atom is -0.494 e. The molecule has 0 unspecified atom stereocenters. The Morgan fingerprint density at radius 3 is 2.52 bits per heavy atom. The molecule has 2 aromatic carbocycles. The zero-order valence-electron chi connectivity index (χ0n) is 15.6. The van der Waals surface area contributed by atoms with Crippen LogP contribution in [0.3, 0.4) is 0 Å². The Labute approximate surface area is 166 Å². The highest BCUT2D eigenvalue weighted by atomic mass is 16.3. The molecule has 0 radical (unpaired) electrons. The Hall–Kier alpha value is -4.06. The van der Waals surface area contributed by atoms with Crippen LogP contribution in [0.25, 0.3) is 16.6 Å². The third-order valence-corrected chi connectivity index (χ3v) is 4.58. The first-order valence-electron chi connectivity index (χ1n) is 8.99. The van der Waals surface area contributed by atoms with Crippen LogP contribution in [0.15, 0.2) is 82.7 Å². The summed E-state index contributed by atoms with van der Waals surface area (Å²) >= 11 is 0. The van der Waals surface area contributed by atoms with Crippen LogP contribution in [0.2, 0.25) is 0 Å². The number of fused-ring (bicyclic) bond motifs is 1. The van der Waals surface area contributed by atoms with E-state index < -0.39 is 0 Å². The standard InChI is InChI=1S/C23H17N3O3/c1-15(27)16-7-6-8-17(13-16)25-14-20-18-9-2-3-10-19(18)22(28)26(23(20)29)21-11-4-5-12-24-21/h2-14,29H,1H3. The molecule has 0 saturated carbocycles. The van der Waals surface area contributed by atoms with Gasteiger partial charge in [0.2, 0.25) is 5.88 Å². The summed E-state index contributed by atoms with van der Waals surface area (Å²) < 4.78 is 1.16. The number of rotatable bonds is 4. The number of benzene rings is 2. The van der Waals surface area contributed by atoms with Gasteiger partial charge in [0, 0.05) is 28.7 Å². The van der Waals surface area contributed by atoms with Crippen LogP contribution in [-0.4, -0.2) is 26.7 Å². The summed E-state index contributed by atoms with van der Waals surface area (Å²) in [4.78, 5) is 33.2. The summed E-state index contributed by atoms with van der Waals surface area (Å²) in [6.07, 6.45) is 3.05. The van der Waals surface area contributed by atoms with E-state index in [9.17, 15) is 14.7 Å². The van der Waals surface area contributed by atoms with Crippen LogP contribution >= 0.6 is 0 Å². The van der Waals surface area contributed by atoms with Gasteiger partial charge >= 0.3 is 0 Å². The van der Waals surface area contributed by atoms with Gasteiger partial charge in [0.15, 0.2) is 5.78 Å². The van der Waals surface area contributed by atoms with Crippen molar-refractivity contribution in [2.45, 2.75) is 6.92 Å². The number of aliphatic imine (C=N–C) groups is 1. The molecular weight excluding hydrogens is 366 g/mol. The maximum absolute atomic E-state index is 13.0. The number of ketones is 1. The van der Waals surface area contributed by atoms with Gasteiger partial charge in [-0.1, -0.05) is 36.4 Å². The predicted molar refractivity (Wildman–Crippen MR) is 113 cm³/mol. The number of hydrogen-bond acceptors (Lipinski definition) is 5. The van der Waals surface area contributed by atoms with Gasteiger partial charge in [-0.2, -0.15) is 0 Å². The SMILES string of the molecule is CC(=O)c1cccc(N=Cc2c(O)n(-c3ccccn3)c(=O)c3ccccc23)c1. The van der Waals surface area contributed by atoms with Gasteiger partial charge in [-0.05, 0) is 37.3 Å². The van der Waals surface area contributed by atoms with E-state index in [1.54, 1.807) is 72.9 Å². The summed E-state index contributed by atoms with van der Waals surface area (Å²) in [6, 6.07) is 19.0. The Morgan fingerprint density at radius 1 is 1.03 bits per heavy atom. The van der Waals surface area contributed by atoms with Crippen molar-refractivity contribution in [1.82, 2.24) is 9.55 Å². The van der Waals surface area contributed by atoms with Gasteiger partial charge in [-0.25, -0.2) is 9.55 Å². The second-order valence-corrected chi connectivity index (χ2v) is 6.48. The van der Waals surface area contributed by atoms with Gasteiger partial charge in [0.25, 0.3) is 5.56 Å². The molecule has 1 N–H and O–H groups in total. The molecule has 0 amide bonds. The number of pyridine rings is 2. The van der Waals surface area contributed by atoms with E-state index in [-0.39, 0.29) is 17.2 Å². The van der Waals surface area contributed by atoms with Crippen molar-refractivity contribution in [3.8, 4) is 11.7 Å². The molecule has 6 heteroatoms. The van der Waals surface area contributed by atoms with Gasteiger partial charge in [0.1, 0.15) is 5.82 Å². The van der Waals surface area contributed by atoms with Crippen molar-refractivity contribution in [2.24, 2.45) is 4.99 Å². The zero-order chi connectivity index (χ0) is 20.4. The molecule has 0 aliphatic rings. The topological polar surface area (TPSA) is 84.5 Å². The smallest absolute Gasteiger partial charge is 0.267 e. The molecule has 0 aliphatic carbocycles. The summed E-state index contributed by atoms with van der Waals surface area (Å²) in [7, 11) is 0. The Kier molecular flexibility index (Phi) is 4.75. The largest absolute Gasteiger partial charge is 0.494 e. The number of Topliss-reactive ketones (excluding diaryl/α,β-unsaturated/α-hetero) is 1. The molecule has 0 aliphatic heterocycles. The van der Waals surface area contributed by atoms with Crippen LogP contribution in [0, 0.1) is 0 Å². The third kappa shape index (κ3) is 3.43. The fourth-order valence-corrected chi connectivity index (χ4v) is 3.13. The number of aromatic hydroxyl groups is 1. The minimum atomic E-state index is -0.368. The second-order valence-electron chi connectivity index (χ2n) is 6.48. The molecule has 0 saturated heterocycles. The van der Waals surface area contributed by atoms with Gasteiger partial charge in [0.05, 0.1) is 11.3 Å². The van der Waals surface area contributed by atoms with Crippen molar-refractivity contribution in [1.29, 1.82) is 0 Å². The molecule has 4 aromatic rings. The van der Waals surface area contributed by atoms with Crippen LogP contribution < -0.4 is 5.56 Å². The average molecular weight is 383 g/mol. The second kappa shape index (κ2) is 7.52. The van der Waals surface area contributed by atoms with Crippen LogP contribution in [0.4, 0.5) is 5.69 Å². The number of aromatic nitrogens is 2. The highest BCUT2D eigenvalue weighted by Crippen LogP contribution is 2.26. The monoisotopic (exact) mass is 383 g/mol. The summed E-state index contributed by atoms with van der Waals surface area (Å²) in [6.45, 7) is 1.49. The van der Waals surface area contributed by atoms with Crippen molar-refractivity contribution in [3.05, 3.63) is 94.4 Å². The molecule has 6 nitrogen and oxygen atoms in total. The lowest BCUT2D eigenvalue weighted by molar-refractivity contribution is 0.101. The molecular formula is C23H17N3O3. The van der Waals surface area contributed by atoms with Gasteiger partial charge in [-0.15, -0.1) is 0 Å². The molecule has 142 valence electrons. The van der Waals surface area contributed by atoms with Crippen LogP contribution in [0.1, 0.15) is 22.8 Å². The summed E-state index contributed by atoms with van der Waals surface area (Å²) in [5.74, 6) is 0.00639. The molecule has 2 aromatic heterocycles. The lowest BCUT2D eigenvalue weighted by Gasteiger charge is -2.12. The number of hydrogen-bond donors (Lipinski definition) is 1. The fraction of sp³-hybridized carbons (Fsp3) is 0.0435. The van der Waals surface area contributed by atoms with E-state index in [4.69, 9.17) is 0 Å². The Morgan fingerprint density at radius 2 is 1.79 bits per heavy atom. The lowest BCUT2D eigenvalue weighted by Crippen LogP contribution is -2.20. The van der Waals surface area contributed by atoms with Crippen molar-refractivity contribution in [3.63, 3.8) is 0 Å². The quantitative estimate of drug-likeness (QED) is 0.426. The minimum absolute atomic E-state index is 0.0564. The molecule has 0 spiro atoms.